The molecule has 1 aliphatic heterocycles. The highest BCUT2D eigenvalue weighted by Gasteiger charge is 2.49. The average Bonchev–Trinajstić information content (AvgIpc) is 2.99. The number of piperazine rings is 1. The van der Waals surface area contributed by atoms with E-state index in [-0.39, 0.29) is 17.9 Å². The zero-order valence-corrected chi connectivity index (χ0v) is 9.54. The van der Waals surface area contributed by atoms with Crippen LogP contribution in [0.5, 0.6) is 0 Å². The van der Waals surface area contributed by atoms with Crippen molar-refractivity contribution in [3.63, 3.8) is 0 Å². The maximum Gasteiger partial charge on any atom is 0.248 e. The topological polar surface area (TPSA) is 49.4 Å². The highest BCUT2D eigenvalue weighted by molar-refractivity contribution is 5.99. The summed E-state index contributed by atoms with van der Waals surface area (Å²) >= 11 is 0. The Morgan fingerprint density at radius 3 is 2.53 bits per heavy atom. The molecule has 84 valence electrons. The van der Waals surface area contributed by atoms with Gasteiger partial charge in [0, 0.05) is 6.04 Å². The normalized spacial score (nSPS) is 36.7. The van der Waals surface area contributed by atoms with Crippen molar-refractivity contribution >= 4 is 11.8 Å². The summed E-state index contributed by atoms with van der Waals surface area (Å²) in [7, 11) is 0. The van der Waals surface area contributed by atoms with Crippen LogP contribution in [0.3, 0.4) is 0 Å². The van der Waals surface area contributed by atoms with Crippen molar-refractivity contribution in [2.45, 2.75) is 57.7 Å². The van der Waals surface area contributed by atoms with E-state index in [0.29, 0.717) is 12.5 Å². The number of nitrogens with zero attached hydrogens (tertiary/aromatic N) is 1. The molecule has 1 saturated heterocycles. The Labute approximate surface area is 90.0 Å². The lowest BCUT2D eigenvalue weighted by atomic mass is 9.92. The van der Waals surface area contributed by atoms with E-state index in [9.17, 15) is 9.59 Å². The lowest BCUT2D eigenvalue weighted by molar-refractivity contribution is -0.154. The number of carbonyl (C=O) groups excluding carboxylic acids is 2. The fourth-order valence-corrected chi connectivity index (χ4v) is 2.09. The minimum atomic E-state index is -0.688. The summed E-state index contributed by atoms with van der Waals surface area (Å²) in [4.78, 5) is 25.8. The van der Waals surface area contributed by atoms with E-state index in [1.54, 1.807) is 11.8 Å². The molecule has 0 aromatic carbocycles. The number of hydrogen-bond acceptors (Lipinski definition) is 2. The van der Waals surface area contributed by atoms with Crippen molar-refractivity contribution in [3.05, 3.63) is 0 Å². The number of nitrogens with one attached hydrogen (secondary N) is 1. The van der Waals surface area contributed by atoms with E-state index in [1.165, 1.54) is 0 Å². The lowest BCUT2D eigenvalue weighted by Crippen LogP contribution is -2.68. The molecule has 0 radical (unpaired) electrons. The highest BCUT2D eigenvalue weighted by atomic mass is 16.2. The van der Waals surface area contributed by atoms with Gasteiger partial charge in [0.15, 0.2) is 0 Å². The molecule has 15 heavy (non-hydrogen) atoms. The molecule has 0 aromatic rings. The van der Waals surface area contributed by atoms with Crippen molar-refractivity contribution in [2.75, 3.05) is 0 Å². The van der Waals surface area contributed by atoms with Gasteiger partial charge >= 0.3 is 0 Å². The minimum absolute atomic E-state index is 0.0224. The first-order valence-corrected chi connectivity index (χ1v) is 5.64. The van der Waals surface area contributed by atoms with Crippen molar-refractivity contribution < 1.29 is 9.59 Å². The molecule has 4 nitrogen and oxygen atoms in total. The van der Waals surface area contributed by atoms with Crippen LogP contribution in [0.1, 0.15) is 40.0 Å². The van der Waals surface area contributed by atoms with Gasteiger partial charge in [-0.05, 0) is 33.1 Å². The Kier molecular flexibility index (Phi) is 2.24. The van der Waals surface area contributed by atoms with Crippen LogP contribution in [-0.2, 0) is 9.59 Å². The van der Waals surface area contributed by atoms with Gasteiger partial charge in [-0.1, -0.05) is 6.92 Å². The van der Waals surface area contributed by atoms with Gasteiger partial charge in [-0.15, -0.1) is 0 Å². The van der Waals surface area contributed by atoms with Crippen LogP contribution in [-0.4, -0.2) is 34.3 Å². The summed E-state index contributed by atoms with van der Waals surface area (Å²) in [6.45, 7) is 5.55. The zero-order chi connectivity index (χ0) is 11.2. The van der Waals surface area contributed by atoms with Crippen molar-refractivity contribution in [2.24, 2.45) is 0 Å². The highest BCUT2D eigenvalue weighted by Crippen LogP contribution is 2.33. The number of rotatable bonds is 2. The fourth-order valence-electron chi connectivity index (χ4n) is 2.09. The SMILES string of the molecule is CCC1(C)NC(=O)C(C)N(C2CC2)C1=O. The second-order valence-corrected chi connectivity index (χ2v) is 4.79. The van der Waals surface area contributed by atoms with Gasteiger partial charge in [0.1, 0.15) is 11.6 Å². The Hall–Kier alpha value is -1.06. The molecule has 1 saturated carbocycles. The predicted molar refractivity (Wildman–Crippen MR) is 56.2 cm³/mol. The molecule has 2 atom stereocenters. The number of hydrogen-bond donors (Lipinski definition) is 1. The number of carbonyl (C=O) groups is 2. The molecule has 0 aromatic heterocycles. The van der Waals surface area contributed by atoms with E-state index in [0.717, 1.165) is 12.8 Å². The molecule has 2 unspecified atom stereocenters. The van der Waals surface area contributed by atoms with Crippen molar-refractivity contribution in [1.82, 2.24) is 10.2 Å². The molecule has 0 spiro atoms. The molecular weight excluding hydrogens is 192 g/mol. The molecule has 2 amide bonds. The van der Waals surface area contributed by atoms with E-state index in [4.69, 9.17) is 0 Å². The summed E-state index contributed by atoms with van der Waals surface area (Å²) in [5.41, 5.74) is -0.688. The van der Waals surface area contributed by atoms with Crippen LogP contribution >= 0.6 is 0 Å². The molecule has 2 fully saturated rings. The van der Waals surface area contributed by atoms with Crippen molar-refractivity contribution in [3.8, 4) is 0 Å². The smallest absolute Gasteiger partial charge is 0.248 e. The number of amides is 2. The second kappa shape index (κ2) is 3.22. The zero-order valence-electron chi connectivity index (χ0n) is 9.54. The quantitative estimate of drug-likeness (QED) is 0.728. The van der Waals surface area contributed by atoms with E-state index in [1.807, 2.05) is 13.8 Å². The summed E-state index contributed by atoms with van der Waals surface area (Å²) in [5, 5.41) is 2.82. The fraction of sp³-hybridized carbons (Fsp3) is 0.818. The molecular formula is C11H18N2O2. The third-order valence-electron chi connectivity index (χ3n) is 3.55. The largest absolute Gasteiger partial charge is 0.340 e. The van der Waals surface area contributed by atoms with Gasteiger partial charge in [-0.25, -0.2) is 0 Å². The first-order valence-electron chi connectivity index (χ1n) is 5.64. The Balaban J connectivity index is 2.28. The Bertz CT molecular complexity index is 312. The molecule has 4 heteroatoms. The van der Waals surface area contributed by atoms with Crippen molar-refractivity contribution in [1.29, 1.82) is 0 Å². The summed E-state index contributed by atoms with van der Waals surface area (Å²) in [6.07, 6.45) is 2.74. The van der Waals surface area contributed by atoms with Gasteiger partial charge in [-0.3, -0.25) is 9.59 Å². The van der Waals surface area contributed by atoms with Crippen LogP contribution in [0.15, 0.2) is 0 Å². The van der Waals surface area contributed by atoms with Gasteiger partial charge in [0.05, 0.1) is 0 Å². The maximum atomic E-state index is 12.2. The van der Waals surface area contributed by atoms with Gasteiger partial charge in [0.25, 0.3) is 0 Å². The standard InChI is InChI=1S/C11H18N2O2/c1-4-11(3)10(15)13(8-5-6-8)7(2)9(14)12-11/h7-8H,4-6H2,1-3H3,(H,12,14). The van der Waals surface area contributed by atoms with Crippen LogP contribution in [0.25, 0.3) is 0 Å². The van der Waals surface area contributed by atoms with E-state index in [2.05, 4.69) is 5.32 Å². The minimum Gasteiger partial charge on any atom is -0.340 e. The van der Waals surface area contributed by atoms with E-state index >= 15 is 0 Å². The molecule has 2 aliphatic rings. The van der Waals surface area contributed by atoms with Crippen LogP contribution in [0.4, 0.5) is 0 Å². The average molecular weight is 210 g/mol. The molecule has 1 aliphatic carbocycles. The van der Waals surface area contributed by atoms with Crippen LogP contribution in [0.2, 0.25) is 0 Å². The van der Waals surface area contributed by atoms with Gasteiger partial charge in [-0.2, -0.15) is 0 Å². The molecule has 1 heterocycles. The monoisotopic (exact) mass is 210 g/mol. The predicted octanol–water partition coefficient (Wildman–Crippen LogP) is 0.664. The molecule has 1 N–H and O–H groups in total. The third kappa shape index (κ3) is 1.52. The second-order valence-electron chi connectivity index (χ2n) is 4.79. The Morgan fingerprint density at radius 2 is 2.07 bits per heavy atom. The van der Waals surface area contributed by atoms with Gasteiger partial charge in [0.2, 0.25) is 11.8 Å². The lowest BCUT2D eigenvalue weighted by Gasteiger charge is -2.43. The van der Waals surface area contributed by atoms with Crippen LogP contribution < -0.4 is 5.32 Å². The molecule has 2 rings (SSSR count). The Morgan fingerprint density at radius 1 is 1.47 bits per heavy atom. The summed E-state index contributed by atoms with van der Waals surface area (Å²) in [6, 6.07) is 0.00838. The summed E-state index contributed by atoms with van der Waals surface area (Å²) in [5.74, 6) is 0.0606. The maximum absolute atomic E-state index is 12.2. The van der Waals surface area contributed by atoms with Gasteiger partial charge < -0.3 is 10.2 Å². The van der Waals surface area contributed by atoms with Crippen LogP contribution in [0, 0.1) is 0 Å². The summed E-state index contributed by atoms with van der Waals surface area (Å²) < 4.78 is 0. The molecule has 0 bridgehead atoms. The van der Waals surface area contributed by atoms with E-state index < -0.39 is 5.54 Å². The first kappa shape index (κ1) is 10.5. The third-order valence-corrected chi connectivity index (χ3v) is 3.55. The first-order chi connectivity index (χ1) is 6.99.